The van der Waals surface area contributed by atoms with Gasteiger partial charge in [-0.2, -0.15) is 0 Å². The minimum absolute atomic E-state index is 0.0258. The lowest BCUT2D eigenvalue weighted by Gasteiger charge is -2.22. The fourth-order valence-corrected chi connectivity index (χ4v) is 0.618. The summed E-state index contributed by atoms with van der Waals surface area (Å²) in [7, 11) is -4.64. The standard InChI is InChI=1S/C6H12O6.H3O4P/c7-1-3(9)5(11)6(12)4(10)2-8;1-5(2,3)4/h1,3-6,8-12H,2H2;(H3,1,2,3,4)/t3-,4+,5+,6+;/m1./s1. The van der Waals surface area contributed by atoms with Crippen molar-refractivity contribution in [1.29, 1.82) is 0 Å². The summed E-state index contributed by atoms with van der Waals surface area (Å²) in [5.74, 6) is 0. The average molecular weight is 278 g/mol. The number of carbonyl (C=O) groups is 1. The Labute approximate surface area is 95.6 Å². The van der Waals surface area contributed by atoms with Crippen LogP contribution in [0.3, 0.4) is 0 Å². The number of aldehydes is 1. The number of carbonyl (C=O) groups excluding carboxylic acids is 1. The number of aliphatic hydroxyl groups excluding tert-OH is 5. The molecule has 104 valence electrons. The van der Waals surface area contributed by atoms with Crippen LogP contribution in [-0.2, 0) is 9.36 Å². The summed E-state index contributed by atoms with van der Waals surface area (Å²) in [4.78, 5) is 31.5. The van der Waals surface area contributed by atoms with Crippen LogP contribution in [-0.4, -0.2) is 77.5 Å². The molecule has 11 heteroatoms. The van der Waals surface area contributed by atoms with Gasteiger partial charge in [-0.3, -0.25) is 0 Å². The van der Waals surface area contributed by atoms with Crippen molar-refractivity contribution in [2.45, 2.75) is 24.4 Å². The van der Waals surface area contributed by atoms with E-state index in [9.17, 15) is 4.79 Å². The van der Waals surface area contributed by atoms with Crippen LogP contribution in [0.4, 0.5) is 0 Å². The van der Waals surface area contributed by atoms with E-state index in [1.807, 2.05) is 0 Å². The van der Waals surface area contributed by atoms with Crippen LogP contribution in [0, 0.1) is 0 Å². The second-order valence-electron chi connectivity index (χ2n) is 2.87. The molecule has 0 rings (SSSR count). The largest absolute Gasteiger partial charge is 0.466 e. The van der Waals surface area contributed by atoms with Crippen molar-refractivity contribution in [3.05, 3.63) is 0 Å². The highest BCUT2D eigenvalue weighted by Crippen LogP contribution is 2.25. The molecule has 0 aliphatic carbocycles. The maximum atomic E-state index is 9.90. The third-order valence-corrected chi connectivity index (χ3v) is 1.42. The molecular weight excluding hydrogens is 263 g/mol. The molecule has 0 aromatic rings. The molecule has 0 aromatic carbocycles. The minimum Gasteiger partial charge on any atom is -0.394 e. The van der Waals surface area contributed by atoms with E-state index in [0.717, 1.165) is 0 Å². The normalized spacial score (nSPS) is 18.4. The van der Waals surface area contributed by atoms with Gasteiger partial charge < -0.3 is 45.0 Å². The summed E-state index contributed by atoms with van der Waals surface area (Å²) in [5, 5.41) is 43.5. The van der Waals surface area contributed by atoms with Crippen molar-refractivity contribution in [1.82, 2.24) is 0 Å². The monoisotopic (exact) mass is 278 g/mol. The van der Waals surface area contributed by atoms with Gasteiger partial charge in [-0.15, -0.1) is 0 Å². The molecule has 0 aliphatic heterocycles. The quantitative estimate of drug-likeness (QED) is 0.180. The Balaban J connectivity index is 0. The van der Waals surface area contributed by atoms with Gasteiger partial charge in [0.25, 0.3) is 0 Å². The topological polar surface area (TPSA) is 196 Å². The van der Waals surface area contributed by atoms with Crippen LogP contribution >= 0.6 is 7.82 Å². The minimum atomic E-state index is -4.64. The molecule has 0 bridgehead atoms. The molecule has 17 heavy (non-hydrogen) atoms. The van der Waals surface area contributed by atoms with Crippen molar-refractivity contribution in [3.63, 3.8) is 0 Å². The van der Waals surface area contributed by atoms with Crippen LogP contribution in [0.1, 0.15) is 0 Å². The molecule has 0 heterocycles. The molecule has 0 aromatic heterocycles. The van der Waals surface area contributed by atoms with E-state index in [4.69, 9.17) is 44.8 Å². The van der Waals surface area contributed by atoms with Gasteiger partial charge in [0.15, 0.2) is 6.29 Å². The molecule has 0 radical (unpaired) electrons. The molecule has 0 fully saturated rings. The highest BCUT2D eigenvalue weighted by Gasteiger charge is 2.29. The number of aliphatic hydroxyl groups is 5. The predicted molar refractivity (Wildman–Crippen MR) is 51.4 cm³/mol. The lowest BCUT2D eigenvalue weighted by Crippen LogP contribution is -2.46. The zero-order valence-electron chi connectivity index (χ0n) is 8.44. The molecule has 0 aliphatic rings. The zero-order chi connectivity index (χ0) is 14.2. The van der Waals surface area contributed by atoms with E-state index in [1.54, 1.807) is 0 Å². The van der Waals surface area contributed by atoms with E-state index < -0.39 is 38.8 Å². The fourth-order valence-electron chi connectivity index (χ4n) is 0.618. The van der Waals surface area contributed by atoms with Gasteiger partial charge in [0.05, 0.1) is 6.61 Å². The van der Waals surface area contributed by atoms with E-state index in [2.05, 4.69) is 0 Å². The molecular formula is C6H15O10P. The molecule has 4 atom stereocenters. The number of rotatable bonds is 5. The third-order valence-electron chi connectivity index (χ3n) is 1.42. The summed E-state index contributed by atoms with van der Waals surface area (Å²) in [6.07, 6.45) is -6.84. The molecule has 10 nitrogen and oxygen atoms in total. The van der Waals surface area contributed by atoms with Gasteiger partial charge >= 0.3 is 7.82 Å². The molecule has 8 N–H and O–H groups in total. The van der Waals surface area contributed by atoms with E-state index in [1.165, 1.54) is 0 Å². The highest BCUT2D eigenvalue weighted by atomic mass is 31.2. The Bertz CT molecular complexity index is 243. The van der Waals surface area contributed by atoms with Crippen LogP contribution < -0.4 is 0 Å². The Morgan fingerprint density at radius 3 is 1.59 bits per heavy atom. The van der Waals surface area contributed by atoms with Crippen molar-refractivity contribution in [2.24, 2.45) is 0 Å². The lowest BCUT2D eigenvalue weighted by atomic mass is 10.0. The van der Waals surface area contributed by atoms with Gasteiger partial charge in [-0.25, -0.2) is 4.57 Å². The van der Waals surface area contributed by atoms with Crippen molar-refractivity contribution in [2.75, 3.05) is 6.61 Å². The van der Waals surface area contributed by atoms with E-state index >= 15 is 0 Å². The maximum Gasteiger partial charge on any atom is 0.466 e. The number of hydrogen-bond donors (Lipinski definition) is 8. The smallest absolute Gasteiger partial charge is 0.394 e. The summed E-state index contributed by atoms with van der Waals surface area (Å²) in [6, 6.07) is 0. The molecule has 0 amide bonds. The molecule has 0 spiro atoms. The summed E-state index contributed by atoms with van der Waals surface area (Å²) in [6.45, 7) is -0.760. The van der Waals surface area contributed by atoms with Crippen LogP contribution in [0.2, 0.25) is 0 Å². The second kappa shape index (κ2) is 8.64. The summed E-state index contributed by atoms with van der Waals surface area (Å²) >= 11 is 0. The first-order chi connectivity index (χ1) is 7.54. The first-order valence-electron chi connectivity index (χ1n) is 4.11. The average Bonchev–Trinajstić information content (AvgIpc) is 2.22. The Kier molecular flexibility index (Phi) is 9.62. The van der Waals surface area contributed by atoms with Crippen LogP contribution in [0.5, 0.6) is 0 Å². The molecule has 0 saturated carbocycles. The third kappa shape index (κ3) is 11.8. The fraction of sp³-hybridized carbons (Fsp3) is 0.833. The zero-order valence-corrected chi connectivity index (χ0v) is 9.33. The van der Waals surface area contributed by atoms with Crippen molar-refractivity contribution < 1.29 is 49.6 Å². The van der Waals surface area contributed by atoms with Gasteiger partial charge in [0, 0.05) is 0 Å². The SMILES string of the molecule is O=C[C@@H](O)[C@H](O)[C@@H](O)[C@@H](O)CO.O=P(O)(O)O. The molecule has 0 unspecified atom stereocenters. The molecule has 0 saturated heterocycles. The lowest BCUT2D eigenvalue weighted by molar-refractivity contribution is -0.136. The van der Waals surface area contributed by atoms with Crippen molar-refractivity contribution >= 4 is 14.1 Å². The van der Waals surface area contributed by atoms with Gasteiger partial charge in [0.2, 0.25) is 0 Å². The van der Waals surface area contributed by atoms with E-state index in [-0.39, 0.29) is 6.29 Å². The van der Waals surface area contributed by atoms with E-state index in [0.29, 0.717) is 0 Å². The Morgan fingerprint density at radius 1 is 1.00 bits per heavy atom. The highest BCUT2D eigenvalue weighted by molar-refractivity contribution is 7.45. The first-order valence-corrected chi connectivity index (χ1v) is 5.67. The number of phosphoric acid groups is 1. The maximum absolute atomic E-state index is 9.90. The van der Waals surface area contributed by atoms with Crippen molar-refractivity contribution in [3.8, 4) is 0 Å². The van der Waals surface area contributed by atoms with Crippen LogP contribution in [0.25, 0.3) is 0 Å². The predicted octanol–water partition coefficient (Wildman–Crippen LogP) is -4.31. The number of hydrogen-bond acceptors (Lipinski definition) is 7. The first kappa shape index (κ1) is 18.9. The second-order valence-corrected chi connectivity index (χ2v) is 3.90. The van der Waals surface area contributed by atoms with Gasteiger partial charge in [0.1, 0.15) is 24.4 Å². The summed E-state index contributed by atoms with van der Waals surface area (Å²) in [5.41, 5.74) is 0. The van der Waals surface area contributed by atoms with Gasteiger partial charge in [-0.1, -0.05) is 0 Å². The van der Waals surface area contributed by atoms with Gasteiger partial charge in [-0.05, 0) is 0 Å². The van der Waals surface area contributed by atoms with Crippen LogP contribution in [0.15, 0.2) is 0 Å². The Morgan fingerprint density at radius 2 is 1.35 bits per heavy atom. The Hall–Kier alpha value is -0.420. The summed E-state index contributed by atoms with van der Waals surface area (Å²) < 4.78 is 8.88.